The highest BCUT2D eigenvalue weighted by Gasteiger charge is 2.33. The molecule has 1 aliphatic heterocycles. The maximum atomic E-state index is 14.0. The molecule has 1 atom stereocenters. The summed E-state index contributed by atoms with van der Waals surface area (Å²) in [5.41, 5.74) is -1.39. The molecule has 134 valence electrons. The lowest BCUT2D eigenvalue weighted by Gasteiger charge is -2.23. The second kappa shape index (κ2) is 6.49. The normalized spacial score (nSPS) is 18.6. The van der Waals surface area contributed by atoms with E-state index in [1.807, 2.05) is 20.8 Å². The number of ether oxygens (including phenoxy) is 1. The van der Waals surface area contributed by atoms with Crippen molar-refractivity contribution in [2.75, 3.05) is 18.0 Å². The van der Waals surface area contributed by atoms with E-state index in [1.165, 1.54) is 0 Å². The van der Waals surface area contributed by atoms with Crippen LogP contribution in [0.3, 0.4) is 0 Å². The average molecular weight is 348 g/mol. The molecule has 24 heavy (non-hydrogen) atoms. The molecule has 4 nitrogen and oxygen atoms in total. The van der Waals surface area contributed by atoms with Crippen molar-refractivity contribution in [3.8, 4) is 0 Å². The third-order valence-electron chi connectivity index (χ3n) is 3.51. The van der Waals surface area contributed by atoms with Gasteiger partial charge in [-0.1, -0.05) is 0 Å². The zero-order valence-electron chi connectivity index (χ0n) is 13.7. The van der Waals surface area contributed by atoms with E-state index in [1.54, 1.807) is 4.90 Å². The Balaban J connectivity index is 2.00. The largest absolute Gasteiger partial charge is 0.444 e. The van der Waals surface area contributed by atoms with E-state index < -0.39 is 35.3 Å². The minimum Gasteiger partial charge on any atom is -0.444 e. The predicted molar refractivity (Wildman–Crippen MR) is 81.4 cm³/mol. The van der Waals surface area contributed by atoms with Crippen molar-refractivity contribution in [3.63, 3.8) is 0 Å². The zero-order chi connectivity index (χ0) is 18.1. The molecule has 1 aliphatic rings. The van der Waals surface area contributed by atoms with Gasteiger partial charge in [0.05, 0.1) is 17.8 Å². The number of carbonyl (C=O) groups is 1. The monoisotopic (exact) mass is 348 g/mol. The van der Waals surface area contributed by atoms with Gasteiger partial charge in [0.1, 0.15) is 11.9 Å². The van der Waals surface area contributed by atoms with Crippen LogP contribution in [0.5, 0.6) is 0 Å². The summed E-state index contributed by atoms with van der Waals surface area (Å²) in [7, 11) is 0. The molecule has 0 aliphatic carbocycles. The van der Waals surface area contributed by atoms with Crippen molar-refractivity contribution >= 4 is 11.8 Å². The quantitative estimate of drug-likeness (QED) is 0.823. The van der Waals surface area contributed by atoms with Crippen molar-refractivity contribution in [2.24, 2.45) is 0 Å². The van der Waals surface area contributed by atoms with E-state index in [4.69, 9.17) is 4.74 Å². The summed E-state index contributed by atoms with van der Waals surface area (Å²) >= 11 is 0. The molecule has 0 saturated carbocycles. The molecule has 1 heterocycles. The van der Waals surface area contributed by atoms with Gasteiger partial charge in [-0.05, 0) is 39.0 Å². The molecular formula is C16H20F4N2O2. The Kier molecular flexibility index (Phi) is 4.96. The van der Waals surface area contributed by atoms with E-state index in [0.29, 0.717) is 19.0 Å². The maximum Gasteiger partial charge on any atom is 0.416 e. The number of anilines is 1. The Bertz CT molecular complexity index is 611. The molecule has 0 radical (unpaired) electrons. The van der Waals surface area contributed by atoms with Crippen molar-refractivity contribution < 1.29 is 27.1 Å². The Morgan fingerprint density at radius 1 is 1.29 bits per heavy atom. The van der Waals surface area contributed by atoms with Gasteiger partial charge in [0.25, 0.3) is 0 Å². The topological polar surface area (TPSA) is 41.6 Å². The lowest BCUT2D eigenvalue weighted by atomic mass is 10.1. The number of alkyl carbamates (subject to hydrolysis) is 1. The number of hydrogen-bond donors (Lipinski definition) is 1. The standard InChI is InChI=1S/C16H20F4N2O2/c1-15(2,3)21-14(23)24-11-6-7-22(9-11)13-5-4-10(8-12(13)17)16(18,19)20/h4-5,8,11H,6-7,9H2,1-3H3,(H,21,23)/t11-/m1/s1. The van der Waals surface area contributed by atoms with E-state index in [9.17, 15) is 22.4 Å². The minimum absolute atomic E-state index is 0.0744. The van der Waals surface area contributed by atoms with Crippen LogP contribution >= 0.6 is 0 Å². The first-order chi connectivity index (χ1) is 11.0. The molecule has 1 aromatic rings. The van der Waals surface area contributed by atoms with Gasteiger partial charge in [-0.15, -0.1) is 0 Å². The zero-order valence-corrected chi connectivity index (χ0v) is 13.7. The molecule has 0 bridgehead atoms. The second-order valence-corrected chi connectivity index (χ2v) is 6.80. The molecule has 0 spiro atoms. The summed E-state index contributed by atoms with van der Waals surface area (Å²) in [5.74, 6) is -0.940. The van der Waals surface area contributed by atoms with Gasteiger partial charge in [-0.25, -0.2) is 9.18 Å². The number of carbonyl (C=O) groups excluding carboxylic acids is 1. The smallest absolute Gasteiger partial charge is 0.416 e. The van der Waals surface area contributed by atoms with Crippen LogP contribution in [-0.4, -0.2) is 30.8 Å². The molecule has 1 N–H and O–H groups in total. The fraction of sp³-hybridized carbons (Fsp3) is 0.562. The Morgan fingerprint density at radius 3 is 2.50 bits per heavy atom. The lowest BCUT2D eigenvalue weighted by molar-refractivity contribution is -0.137. The van der Waals surface area contributed by atoms with Crippen molar-refractivity contribution in [1.29, 1.82) is 0 Å². The molecule has 0 aromatic heterocycles. The second-order valence-electron chi connectivity index (χ2n) is 6.80. The molecule has 8 heteroatoms. The summed E-state index contributed by atoms with van der Waals surface area (Å²) in [6, 6.07) is 2.44. The fourth-order valence-corrected chi connectivity index (χ4v) is 2.47. The van der Waals surface area contributed by atoms with Gasteiger partial charge in [0.2, 0.25) is 0 Å². The van der Waals surface area contributed by atoms with Crippen LogP contribution in [0, 0.1) is 5.82 Å². The summed E-state index contributed by atoms with van der Waals surface area (Å²) in [5, 5.41) is 2.66. The number of nitrogens with zero attached hydrogens (tertiary/aromatic N) is 1. The van der Waals surface area contributed by atoms with Gasteiger partial charge < -0.3 is 15.0 Å². The van der Waals surface area contributed by atoms with Crippen LogP contribution in [0.4, 0.5) is 28.0 Å². The number of rotatable bonds is 2. The van der Waals surface area contributed by atoms with Crippen LogP contribution < -0.4 is 10.2 Å². The number of alkyl halides is 3. The third-order valence-corrected chi connectivity index (χ3v) is 3.51. The molecule has 1 amide bonds. The molecule has 2 rings (SSSR count). The minimum atomic E-state index is -4.58. The van der Waals surface area contributed by atoms with Crippen molar-refractivity contribution in [2.45, 2.75) is 45.0 Å². The van der Waals surface area contributed by atoms with E-state index in [2.05, 4.69) is 5.32 Å². The van der Waals surface area contributed by atoms with Crippen LogP contribution in [0.1, 0.15) is 32.8 Å². The Morgan fingerprint density at radius 2 is 1.96 bits per heavy atom. The van der Waals surface area contributed by atoms with Gasteiger partial charge >= 0.3 is 12.3 Å². The Labute approximate surface area is 137 Å². The summed E-state index contributed by atoms with van der Waals surface area (Å²) in [6.07, 6.45) is -5.10. The van der Waals surface area contributed by atoms with E-state index >= 15 is 0 Å². The highest BCUT2D eigenvalue weighted by molar-refractivity contribution is 5.68. The van der Waals surface area contributed by atoms with E-state index in [0.717, 1.165) is 12.1 Å². The lowest BCUT2D eigenvalue weighted by Crippen LogP contribution is -2.42. The predicted octanol–water partition coefficient (Wildman–Crippen LogP) is 3.95. The first kappa shape index (κ1) is 18.4. The van der Waals surface area contributed by atoms with Gasteiger partial charge in [-0.3, -0.25) is 0 Å². The van der Waals surface area contributed by atoms with Gasteiger partial charge in [0, 0.05) is 18.5 Å². The number of hydrogen-bond acceptors (Lipinski definition) is 3. The summed E-state index contributed by atoms with van der Waals surface area (Å²) < 4.78 is 57.0. The molecule has 0 unspecified atom stereocenters. The number of amides is 1. The third kappa shape index (κ3) is 4.75. The number of halogens is 4. The van der Waals surface area contributed by atoms with Crippen LogP contribution in [0.15, 0.2) is 18.2 Å². The van der Waals surface area contributed by atoms with Gasteiger partial charge in [-0.2, -0.15) is 13.2 Å². The maximum absolute atomic E-state index is 14.0. The summed E-state index contributed by atoms with van der Waals surface area (Å²) in [4.78, 5) is 13.3. The first-order valence-corrected chi connectivity index (χ1v) is 7.56. The number of benzene rings is 1. The average Bonchev–Trinajstić information content (AvgIpc) is 2.83. The number of nitrogens with one attached hydrogen (secondary N) is 1. The highest BCUT2D eigenvalue weighted by Crippen LogP contribution is 2.33. The van der Waals surface area contributed by atoms with E-state index in [-0.39, 0.29) is 12.2 Å². The Hall–Kier alpha value is -1.99. The van der Waals surface area contributed by atoms with Crippen LogP contribution in [0.2, 0.25) is 0 Å². The van der Waals surface area contributed by atoms with Crippen molar-refractivity contribution in [1.82, 2.24) is 5.32 Å². The van der Waals surface area contributed by atoms with Crippen molar-refractivity contribution in [3.05, 3.63) is 29.6 Å². The molecule has 1 saturated heterocycles. The molecular weight excluding hydrogens is 328 g/mol. The highest BCUT2D eigenvalue weighted by atomic mass is 19.4. The molecule has 1 aromatic carbocycles. The van der Waals surface area contributed by atoms with Crippen LogP contribution in [0.25, 0.3) is 0 Å². The SMILES string of the molecule is CC(C)(C)NC(=O)O[C@@H]1CCN(c2ccc(C(F)(F)F)cc2F)C1. The van der Waals surface area contributed by atoms with Crippen LogP contribution in [-0.2, 0) is 10.9 Å². The fourth-order valence-electron chi connectivity index (χ4n) is 2.47. The first-order valence-electron chi connectivity index (χ1n) is 7.56. The summed E-state index contributed by atoms with van der Waals surface area (Å²) in [6.45, 7) is 6.07. The van der Waals surface area contributed by atoms with Gasteiger partial charge in [0.15, 0.2) is 0 Å². The molecule has 1 fully saturated rings.